The number of anilines is 2. The van der Waals surface area contributed by atoms with Crippen molar-refractivity contribution < 1.29 is 4.79 Å². The van der Waals surface area contributed by atoms with Gasteiger partial charge in [-0.05, 0) is 49.6 Å². The van der Waals surface area contributed by atoms with Crippen LogP contribution < -0.4 is 9.80 Å². The van der Waals surface area contributed by atoms with Crippen molar-refractivity contribution in [2.24, 2.45) is 5.92 Å². The normalized spacial score (nSPS) is 17.3. The third-order valence-electron chi connectivity index (χ3n) is 6.95. The van der Waals surface area contributed by atoms with Crippen molar-refractivity contribution in [2.75, 3.05) is 49.1 Å². The number of rotatable bonds is 4. The maximum Gasteiger partial charge on any atom is 0.225 e. The number of piperazine rings is 1. The zero-order valence-electron chi connectivity index (χ0n) is 19.2. The van der Waals surface area contributed by atoms with E-state index in [0.29, 0.717) is 5.91 Å². The summed E-state index contributed by atoms with van der Waals surface area (Å²) in [6, 6.07) is 22.8. The highest BCUT2D eigenvalue weighted by atomic mass is 16.2. The Labute approximate surface area is 195 Å². The number of aromatic nitrogens is 2. The summed E-state index contributed by atoms with van der Waals surface area (Å²) in [5.41, 5.74) is 4.46. The van der Waals surface area contributed by atoms with Crippen LogP contribution in [0.15, 0.2) is 66.7 Å². The highest BCUT2D eigenvalue weighted by Gasteiger charge is 2.31. The van der Waals surface area contributed by atoms with Crippen LogP contribution in [0.4, 0.5) is 11.5 Å². The van der Waals surface area contributed by atoms with E-state index in [1.165, 1.54) is 11.3 Å². The molecule has 1 aromatic heterocycles. The zero-order chi connectivity index (χ0) is 22.6. The van der Waals surface area contributed by atoms with Crippen LogP contribution in [0.25, 0.3) is 11.3 Å². The summed E-state index contributed by atoms with van der Waals surface area (Å²) in [4.78, 5) is 19.8. The molecule has 0 saturated carbocycles. The standard InChI is InChI=1S/C27H31N5O/c1-21-7-5-6-10-24(21)25-11-12-26(29-28-25)31-15-13-22(14-16-31)27(33)32-19-17-30(18-20-32)23-8-3-2-4-9-23/h2-12,22H,13-20H2,1H3. The lowest BCUT2D eigenvalue weighted by molar-refractivity contribution is -0.136. The largest absolute Gasteiger partial charge is 0.368 e. The minimum atomic E-state index is 0.115. The summed E-state index contributed by atoms with van der Waals surface area (Å²) in [7, 11) is 0. The highest BCUT2D eigenvalue weighted by molar-refractivity contribution is 5.79. The minimum absolute atomic E-state index is 0.115. The molecule has 2 aliphatic rings. The van der Waals surface area contributed by atoms with Crippen molar-refractivity contribution in [1.29, 1.82) is 0 Å². The van der Waals surface area contributed by atoms with E-state index in [1.807, 2.05) is 24.3 Å². The van der Waals surface area contributed by atoms with Gasteiger partial charge in [-0.2, -0.15) is 0 Å². The Balaban J connectivity index is 1.14. The Bertz CT molecular complexity index is 1070. The first-order chi connectivity index (χ1) is 16.2. The number of benzene rings is 2. The first kappa shape index (κ1) is 21.4. The number of aryl methyl sites for hydroxylation is 1. The fourth-order valence-electron chi connectivity index (χ4n) is 4.94. The number of carbonyl (C=O) groups is 1. The molecule has 0 unspecified atom stereocenters. The smallest absolute Gasteiger partial charge is 0.225 e. The second kappa shape index (κ2) is 9.61. The summed E-state index contributed by atoms with van der Waals surface area (Å²) >= 11 is 0. The molecular formula is C27H31N5O. The highest BCUT2D eigenvalue weighted by Crippen LogP contribution is 2.26. The predicted octanol–water partition coefficient (Wildman–Crippen LogP) is 4.02. The molecule has 2 fully saturated rings. The molecule has 0 aliphatic carbocycles. The SMILES string of the molecule is Cc1ccccc1-c1ccc(N2CCC(C(=O)N3CCN(c4ccccc4)CC3)CC2)nn1. The lowest BCUT2D eigenvalue weighted by Gasteiger charge is -2.39. The van der Waals surface area contributed by atoms with Crippen LogP contribution in [0, 0.1) is 12.8 Å². The van der Waals surface area contributed by atoms with Gasteiger partial charge in [-0.25, -0.2) is 0 Å². The number of nitrogens with zero attached hydrogens (tertiary/aromatic N) is 5. The number of hydrogen-bond acceptors (Lipinski definition) is 5. The average Bonchev–Trinajstić information content (AvgIpc) is 2.89. The van der Waals surface area contributed by atoms with Gasteiger partial charge >= 0.3 is 0 Å². The van der Waals surface area contributed by atoms with Gasteiger partial charge in [0.15, 0.2) is 5.82 Å². The van der Waals surface area contributed by atoms with Gasteiger partial charge in [-0.15, -0.1) is 10.2 Å². The monoisotopic (exact) mass is 441 g/mol. The molecule has 1 amide bonds. The van der Waals surface area contributed by atoms with Gasteiger partial charge in [0, 0.05) is 56.4 Å². The second-order valence-corrected chi connectivity index (χ2v) is 9.00. The first-order valence-electron chi connectivity index (χ1n) is 11.9. The molecule has 0 spiro atoms. The lowest BCUT2D eigenvalue weighted by atomic mass is 9.95. The van der Waals surface area contributed by atoms with Gasteiger partial charge in [0.05, 0.1) is 5.69 Å². The van der Waals surface area contributed by atoms with Crippen molar-refractivity contribution in [2.45, 2.75) is 19.8 Å². The molecule has 33 heavy (non-hydrogen) atoms. The van der Waals surface area contributed by atoms with E-state index in [2.05, 4.69) is 74.3 Å². The summed E-state index contributed by atoms with van der Waals surface area (Å²) in [5, 5.41) is 8.96. The molecule has 6 nitrogen and oxygen atoms in total. The zero-order valence-corrected chi connectivity index (χ0v) is 19.2. The van der Waals surface area contributed by atoms with E-state index in [9.17, 15) is 4.79 Å². The molecule has 3 aromatic rings. The molecule has 2 aromatic carbocycles. The van der Waals surface area contributed by atoms with Gasteiger partial charge in [-0.1, -0.05) is 42.5 Å². The number of hydrogen-bond donors (Lipinski definition) is 0. The van der Waals surface area contributed by atoms with Crippen LogP contribution in [0.2, 0.25) is 0 Å². The minimum Gasteiger partial charge on any atom is -0.368 e. The van der Waals surface area contributed by atoms with Gasteiger partial charge < -0.3 is 14.7 Å². The summed E-state index contributed by atoms with van der Waals surface area (Å²) in [5.74, 6) is 1.33. The molecule has 5 rings (SSSR count). The van der Waals surface area contributed by atoms with E-state index in [0.717, 1.165) is 69.2 Å². The molecule has 0 N–H and O–H groups in total. The third-order valence-corrected chi connectivity index (χ3v) is 6.95. The molecule has 0 radical (unpaired) electrons. The molecular weight excluding hydrogens is 410 g/mol. The van der Waals surface area contributed by atoms with Crippen LogP contribution in [0.3, 0.4) is 0 Å². The molecule has 2 aliphatic heterocycles. The molecule has 170 valence electrons. The van der Waals surface area contributed by atoms with Crippen molar-refractivity contribution in [3.63, 3.8) is 0 Å². The molecule has 0 bridgehead atoms. The maximum atomic E-state index is 13.1. The van der Waals surface area contributed by atoms with E-state index in [1.54, 1.807) is 0 Å². The van der Waals surface area contributed by atoms with Crippen LogP contribution in [-0.4, -0.2) is 60.3 Å². The molecule has 0 atom stereocenters. The summed E-state index contributed by atoms with van der Waals surface area (Å²) in [6.07, 6.45) is 1.75. The third kappa shape index (κ3) is 4.70. The van der Waals surface area contributed by atoms with Gasteiger partial charge in [0.1, 0.15) is 0 Å². The van der Waals surface area contributed by atoms with E-state index >= 15 is 0 Å². The second-order valence-electron chi connectivity index (χ2n) is 9.00. The van der Waals surface area contributed by atoms with Gasteiger partial charge in [0.2, 0.25) is 5.91 Å². The Morgan fingerprint density at radius 3 is 2.12 bits per heavy atom. The number of amides is 1. The average molecular weight is 442 g/mol. The molecule has 3 heterocycles. The summed E-state index contributed by atoms with van der Waals surface area (Å²) in [6.45, 7) is 7.19. The topological polar surface area (TPSA) is 52.6 Å². The van der Waals surface area contributed by atoms with Crippen molar-refractivity contribution >= 4 is 17.4 Å². The quantitative estimate of drug-likeness (QED) is 0.612. The van der Waals surface area contributed by atoms with Gasteiger partial charge in [-0.3, -0.25) is 4.79 Å². The van der Waals surface area contributed by atoms with E-state index < -0.39 is 0 Å². The molecule has 2 saturated heterocycles. The van der Waals surface area contributed by atoms with Crippen LogP contribution in [0.5, 0.6) is 0 Å². The fourth-order valence-corrected chi connectivity index (χ4v) is 4.94. The number of carbonyl (C=O) groups excluding carboxylic acids is 1. The number of para-hydroxylation sites is 1. The van der Waals surface area contributed by atoms with Crippen LogP contribution in [-0.2, 0) is 4.79 Å². The van der Waals surface area contributed by atoms with E-state index in [-0.39, 0.29) is 5.92 Å². The maximum absolute atomic E-state index is 13.1. The van der Waals surface area contributed by atoms with Crippen molar-refractivity contribution in [1.82, 2.24) is 15.1 Å². The Kier molecular flexibility index (Phi) is 6.24. The number of piperidine rings is 1. The first-order valence-corrected chi connectivity index (χ1v) is 11.9. The Morgan fingerprint density at radius 1 is 0.758 bits per heavy atom. The van der Waals surface area contributed by atoms with Crippen LogP contribution in [0.1, 0.15) is 18.4 Å². The van der Waals surface area contributed by atoms with Crippen LogP contribution >= 0.6 is 0 Å². The Hall–Kier alpha value is -3.41. The van der Waals surface area contributed by atoms with Crippen molar-refractivity contribution in [3.8, 4) is 11.3 Å². The Morgan fingerprint density at radius 2 is 1.45 bits per heavy atom. The van der Waals surface area contributed by atoms with Crippen molar-refractivity contribution in [3.05, 3.63) is 72.3 Å². The lowest BCUT2D eigenvalue weighted by Crippen LogP contribution is -2.51. The predicted molar refractivity (Wildman–Crippen MR) is 132 cm³/mol. The van der Waals surface area contributed by atoms with E-state index in [4.69, 9.17) is 0 Å². The summed E-state index contributed by atoms with van der Waals surface area (Å²) < 4.78 is 0. The van der Waals surface area contributed by atoms with Gasteiger partial charge in [0.25, 0.3) is 0 Å². The molecule has 6 heteroatoms. The fraction of sp³-hybridized carbons (Fsp3) is 0.370.